The average Bonchev–Trinajstić information content (AvgIpc) is 4.08. The number of aromatic nitrogens is 4. The molecule has 0 amide bonds. The molecule has 0 radical (unpaired) electrons. The predicted octanol–water partition coefficient (Wildman–Crippen LogP) is 10.4. The lowest BCUT2D eigenvalue weighted by molar-refractivity contribution is 0.256. The summed E-state index contributed by atoms with van der Waals surface area (Å²) >= 11 is 2.84. The lowest BCUT2D eigenvalue weighted by atomic mass is 10.0. The second kappa shape index (κ2) is 17.3. The van der Waals surface area contributed by atoms with E-state index in [9.17, 15) is 10.5 Å². The molecule has 302 valence electrons. The fraction of sp³-hybridized carbons (Fsp3) is 0.250. The monoisotopic (exact) mass is 832 g/mol. The van der Waals surface area contributed by atoms with Gasteiger partial charge in [0.05, 0.1) is 70.0 Å². The SMILES string of the molecule is CCC(C)COc1ccc(-c2[nH]/c(=C(/C#N)c3nc4ccc(OC)cc4s3)c3c(-c4ccc(OCC(C)CC)cc4)[nH]/c(=C(/C#N)c4nc5ccc(OC)cc5s4)c23)cc1. The van der Waals surface area contributed by atoms with Crippen LogP contribution in [0.25, 0.3) is 64.9 Å². The summed E-state index contributed by atoms with van der Waals surface area (Å²) in [6.45, 7) is 9.87. The van der Waals surface area contributed by atoms with Crippen molar-refractivity contribution < 1.29 is 18.9 Å². The molecule has 0 aliphatic rings. The fourth-order valence-corrected chi connectivity index (χ4v) is 8.90. The zero-order chi connectivity index (χ0) is 41.9. The van der Waals surface area contributed by atoms with E-state index in [0.717, 1.165) is 78.1 Å². The van der Waals surface area contributed by atoms with Gasteiger partial charge in [0.15, 0.2) is 0 Å². The molecular formula is C48H44N6O4S2. The van der Waals surface area contributed by atoms with Crippen LogP contribution in [0.4, 0.5) is 0 Å². The van der Waals surface area contributed by atoms with Gasteiger partial charge in [-0.3, -0.25) is 0 Å². The Morgan fingerprint density at radius 3 is 1.33 bits per heavy atom. The van der Waals surface area contributed by atoms with E-state index in [2.05, 4.69) is 49.8 Å². The number of H-pyrrole nitrogens is 2. The van der Waals surface area contributed by atoms with Crippen molar-refractivity contribution in [2.24, 2.45) is 11.8 Å². The van der Waals surface area contributed by atoms with Crippen LogP contribution in [0, 0.1) is 34.5 Å². The van der Waals surface area contributed by atoms with Crippen LogP contribution >= 0.6 is 22.7 Å². The van der Waals surface area contributed by atoms with Crippen molar-refractivity contribution in [3.05, 3.63) is 106 Å². The molecule has 0 spiro atoms. The maximum atomic E-state index is 11.1. The Hall–Kier alpha value is -6.60. The first kappa shape index (κ1) is 40.2. The van der Waals surface area contributed by atoms with E-state index in [1.165, 1.54) is 22.7 Å². The van der Waals surface area contributed by atoms with Crippen molar-refractivity contribution >= 4 is 65.0 Å². The zero-order valence-corrected chi connectivity index (χ0v) is 35.9. The third-order valence-electron chi connectivity index (χ3n) is 10.8. The van der Waals surface area contributed by atoms with Crippen LogP contribution in [0.3, 0.4) is 0 Å². The van der Waals surface area contributed by atoms with Gasteiger partial charge in [0.2, 0.25) is 0 Å². The first-order valence-electron chi connectivity index (χ1n) is 19.9. The van der Waals surface area contributed by atoms with Crippen molar-refractivity contribution in [1.82, 2.24) is 19.9 Å². The van der Waals surface area contributed by atoms with Crippen molar-refractivity contribution in [2.75, 3.05) is 27.4 Å². The fourth-order valence-electron chi connectivity index (χ4n) is 6.91. The lowest BCUT2D eigenvalue weighted by Crippen LogP contribution is -2.10. The minimum atomic E-state index is 0.367. The number of hydrogen-bond donors (Lipinski definition) is 2. The number of hydrogen-bond acceptors (Lipinski definition) is 10. The van der Waals surface area contributed by atoms with Crippen molar-refractivity contribution in [3.8, 4) is 57.7 Å². The number of nitrogens with one attached hydrogen (secondary N) is 2. The van der Waals surface area contributed by atoms with E-state index in [-0.39, 0.29) is 0 Å². The second-order valence-corrected chi connectivity index (χ2v) is 16.9. The third-order valence-corrected chi connectivity index (χ3v) is 12.9. The highest BCUT2D eigenvalue weighted by atomic mass is 32.1. The normalized spacial score (nSPS) is 13.5. The predicted molar refractivity (Wildman–Crippen MR) is 241 cm³/mol. The summed E-state index contributed by atoms with van der Waals surface area (Å²) < 4.78 is 25.1. The zero-order valence-electron chi connectivity index (χ0n) is 34.3. The summed E-state index contributed by atoms with van der Waals surface area (Å²) in [7, 11) is 3.26. The number of nitrogens with zero attached hydrogens (tertiary/aromatic N) is 4. The molecule has 0 bridgehead atoms. The first-order valence-corrected chi connectivity index (χ1v) is 21.6. The Balaban J connectivity index is 1.44. The molecule has 10 nitrogen and oxygen atoms in total. The minimum Gasteiger partial charge on any atom is -0.497 e. The van der Waals surface area contributed by atoms with Gasteiger partial charge in [-0.2, -0.15) is 10.5 Å². The Kier molecular flexibility index (Phi) is 11.6. The number of rotatable bonds is 14. The highest BCUT2D eigenvalue weighted by Gasteiger charge is 2.24. The number of thiazole rings is 2. The van der Waals surface area contributed by atoms with Crippen LogP contribution in [0.2, 0.25) is 0 Å². The molecule has 4 heterocycles. The summed E-state index contributed by atoms with van der Waals surface area (Å²) in [6, 6.07) is 32.3. The smallest absolute Gasteiger partial charge is 0.137 e. The average molecular weight is 833 g/mol. The van der Waals surface area contributed by atoms with Gasteiger partial charge in [0.25, 0.3) is 0 Å². The molecule has 2 atom stereocenters. The van der Waals surface area contributed by atoms with Gasteiger partial charge in [-0.25, -0.2) is 9.97 Å². The molecule has 0 fully saturated rings. The van der Waals surface area contributed by atoms with Crippen LogP contribution in [-0.4, -0.2) is 47.4 Å². The number of fused-ring (bicyclic) bond motifs is 3. The van der Waals surface area contributed by atoms with Gasteiger partial charge in [0, 0.05) is 10.8 Å². The number of benzene rings is 4. The molecule has 2 N–H and O–H groups in total. The van der Waals surface area contributed by atoms with Gasteiger partial charge >= 0.3 is 0 Å². The summed E-state index contributed by atoms with van der Waals surface area (Å²) in [5, 5.41) is 25.9. The summed E-state index contributed by atoms with van der Waals surface area (Å²) in [6.07, 6.45) is 2.04. The highest BCUT2D eigenvalue weighted by molar-refractivity contribution is 7.20. The largest absolute Gasteiger partial charge is 0.497 e. The first-order chi connectivity index (χ1) is 29.2. The van der Waals surface area contributed by atoms with E-state index in [0.29, 0.717) is 68.4 Å². The molecule has 0 saturated carbocycles. The standard InChI is InChI=1S/C48H44N6O4S2/c1-7-27(3)25-57-31-13-9-29(10-14-31)43-41-42(46(53-43)36(24-50)48-52-38-20-18-34(56-6)22-40(38)60-48)44(30-11-15-32(16-12-30)58-26-28(4)8-2)54-45(41)35(23-49)47-51-37-19-17-33(55-5)21-39(37)59-47/h9-22,27-28,53-54H,7-8,25-26H2,1-6H3/b45-35-,46-36-. The molecule has 0 aliphatic heterocycles. The molecule has 12 heteroatoms. The third kappa shape index (κ3) is 7.80. The maximum absolute atomic E-state index is 11.1. The number of methoxy groups -OCH3 is 2. The van der Waals surface area contributed by atoms with Gasteiger partial charge in [0.1, 0.15) is 56.3 Å². The maximum Gasteiger partial charge on any atom is 0.137 e. The molecule has 0 aliphatic carbocycles. The summed E-state index contributed by atoms with van der Waals surface area (Å²) in [4.78, 5) is 17.3. The topological polar surface area (TPSA) is 142 Å². The quantitative estimate of drug-likeness (QED) is 0.110. The van der Waals surface area contributed by atoms with Crippen LogP contribution in [0.15, 0.2) is 84.9 Å². The van der Waals surface area contributed by atoms with Crippen molar-refractivity contribution in [1.29, 1.82) is 10.5 Å². The van der Waals surface area contributed by atoms with Gasteiger partial charge in [-0.05, 0) is 108 Å². The Morgan fingerprint density at radius 2 is 0.983 bits per heavy atom. The van der Waals surface area contributed by atoms with E-state index in [1.807, 2.05) is 84.9 Å². The van der Waals surface area contributed by atoms with E-state index in [4.69, 9.17) is 28.9 Å². The minimum absolute atomic E-state index is 0.367. The Morgan fingerprint density at radius 1 is 0.600 bits per heavy atom. The van der Waals surface area contributed by atoms with Crippen LogP contribution in [0.5, 0.6) is 23.0 Å². The molecule has 8 rings (SSSR count). The van der Waals surface area contributed by atoms with E-state index < -0.39 is 0 Å². The van der Waals surface area contributed by atoms with Crippen LogP contribution < -0.4 is 29.6 Å². The summed E-state index contributed by atoms with van der Waals surface area (Å²) in [5.41, 5.74) is 5.40. The lowest BCUT2D eigenvalue weighted by Gasteiger charge is -2.11. The number of aromatic amines is 2. The molecular weight excluding hydrogens is 789 g/mol. The molecule has 60 heavy (non-hydrogen) atoms. The molecule has 0 saturated heterocycles. The number of ether oxygens (including phenoxy) is 4. The van der Waals surface area contributed by atoms with Gasteiger partial charge in [-0.15, -0.1) is 22.7 Å². The molecule has 4 aromatic heterocycles. The molecule has 4 aromatic carbocycles. The molecule has 8 aromatic rings. The van der Waals surface area contributed by atoms with Crippen LogP contribution in [-0.2, 0) is 0 Å². The highest BCUT2D eigenvalue weighted by Crippen LogP contribution is 2.36. The summed E-state index contributed by atoms with van der Waals surface area (Å²) in [5.74, 6) is 3.78. The Bertz CT molecular complexity index is 2850. The Labute approximate surface area is 356 Å². The van der Waals surface area contributed by atoms with E-state index in [1.54, 1.807) is 14.2 Å². The number of nitriles is 2. The second-order valence-electron chi connectivity index (χ2n) is 14.9. The van der Waals surface area contributed by atoms with Crippen LogP contribution in [0.1, 0.15) is 50.6 Å². The van der Waals surface area contributed by atoms with Crippen molar-refractivity contribution in [2.45, 2.75) is 40.5 Å². The van der Waals surface area contributed by atoms with Gasteiger partial charge in [-0.1, -0.05) is 40.5 Å². The van der Waals surface area contributed by atoms with Gasteiger partial charge < -0.3 is 28.9 Å². The van der Waals surface area contributed by atoms with Crippen molar-refractivity contribution in [3.63, 3.8) is 0 Å². The molecule has 2 unspecified atom stereocenters. The van der Waals surface area contributed by atoms with E-state index >= 15 is 0 Å².